The minimum absolute atomic E-state index is 0.0873. The first kappa shape index (κ1) is 11.4. The van der Waals surface area contributed by atoms with Crippen LogP contribution in [0.2, 0.25) is 0 Å². The highest BCUT2D eigenvalue weighted by Crippen LogP contribution is 2.25. The van der Waals surface area contributed by atoms with Crippen LogP contribution in [0.1, 0.15) is 26.2 Å². The number of carbonyl (C=O) groups is 1. The lowest BCUT2D eigenvalue weighted by Crippen LogP contribution is -2.54. The van der Waals surface area contributed by atoms with E-state index in [0.29, 0.717) is 5.96 Å². The molecular weight excluding hydrogens is 204 g/mol. The Bertz CT molecular complexity index is 305. The Labute approximate surface area is 96.3 Å². The Hall–Kier alpha value is -1.10. The summed E-state index contributed by atoms with van der Waals surface area (Å²) < 4.78 is 0. The summed E-state index contributed by atoms with van der Waals surface area (Å²) in [6.45, 7) is 5.30. The molecule has 5 heteroatoms. The zero-order valence-corrected chi connectivity index (χ0v) is 10.0. The number of likely N-dealkylation sites (tertiary alicyclic amines) is 1. The zero-order valence-electron chi connectivity index (χ0n) is 10.0. The summed E-state index contributed by atoms with van der Waals surface area (Å²) in [6, 6.07) is 0. The van der Waals surface area contributed by atoms with E-state index in [1.807, 2.05) is 0 Å². The molecule has 0 atom stereocenters. The average Bonchev–Trinajstić information content (AvgIpc) is 2.60. The highest BCUT2D eigenvalue weighted by Gasteiger charge is 2.46. The lowest BCUT2D eigenvalue weighted by atomic mass is 9.88. The van der Waals surface area contributed by atoms with Crippen molar-refractivity contribution in [1.29, 1.82) is 0 Å². The Kier molecular flexibility index (Phi) is 3.14. The second-order valence-corrected chi connectivity index (χ2v) is 4.58. The van der Waals surface area contributed by atoms with Gasteiger partial charge in [0.2, 0.25) is 0 Å². The van der Waals surface area contributed by atoms with Crippen molar-refractivity contribution < 1.29 is 4.79 Å². The summed E-state index contributed by atoms with van der Waals surface area (Å²) in [4.78, 5) is 18.3. The third kappa shape index (κ3) is 1.91. The molecule has 2 saturated heterocycles. The molecule has 2 aliphatic heterocycles. The van der Waals surface area contributed by atoms with Gasteiger partial charge in [-0.05, 0) is 25.8 Å². The molecule has 0 aliphatic carbocycles. The van der Waals surface area contributed by atoms with Crippen molar-refractivity contribution in [2.45, 2.75) is 31.7 Å². The fourth-order valence-electron chi connectivity index (χ4n) is 2.48. The van der Waals surface area contributed by atoms with Gasteiger partial charge in [0.15, 0.2) is 5.96 Å². The quantitative estimate of drug-likeness (QED) is 0.690. The second-order valence-electron chi connectivity index (χ2n) is 4.58. The molecule has 1 spiro atoms. The lowest BCUT2D eigenvalue weighted by molar-refractivity contribution is -0.125. The smallest absolute Gasteiger partial charge is 0.252 e. The van der Waals surface area contributed by atoms with Gasteiger partial charge in [-0.15, -0.1) is 0 Å². The Morgan fingerprint density at radius 1 is 1.44 bits per heavy atom. The number of carbonyl (C=O) groups excluding carboxylic acids is 1. The van der Waals surface area contributed by atoms with E-state index in [2.05, 4.69) is 27.4 Å². The van der Waals surface area contributed by atoms with Gasteiger partial charge >= 0.3 is 0 Å². The van der Waals surface area contributed by atoms with Gasteiger partial charge in [0.05, 0.1) is 0 Å². The maximum atomic E-state index is 11.9. The van der Waals surface area contributed by atoms with Crippen molar-refractivity contribution >= 4 is 11.9 Å². The molecule has 0 aromatic carbocycles. The first-order chi connectivity index (χ1) is 7.70. The highest BCUT2D eigenvalue weighted by atomic mass is 16.2. The van der Waals surface area contributed by atoms with Crippen molar-refractivity contribution in [3.05, 3.63) is 0 Å². The predicted octanol–water partition coefficient (Wildman–Crippen LogP) is -0.0638. The standard InChI is InChI=1S/C11H20N4O/c1-3-6-15-7-4-11(5-8-15)9(16)13-10(12-2)14-11/h3-8H2,1-2H3,(H2,12,13,14,16). The first-order valence-corrected chi connectivity index (χ1v) is 5.99. The van der Waals surface area contributed by atoms with Crippen LogP contribution in [0.25, 0.3) is 0 Å². The molecular formula is C11H20N4O. The van der Waals surface area contributed by atoms with Crippen LogP contribution in [-0.2, 0) is 4.79 Å². The van der Waals surface area contributed by atoms with Gasteiger partial charge in [-0.1, -0.05) is 6.92 Å². The maximum absolute atomic E-state index is 11.9. The number of piperidine rings is 1. The molecule has 1 amide bonds. The fourth-order valence-corrected chi connectivity index (χ4v) is 2.48. The molecule has 2 N–H and O–H groups in total. The van der Waals surface area contributed by atoms with Crippen LogP contribution in [0.15, 0.2) is 4.99 Å². The van der Waals surface area contributed by atoms with E-state index >= 15 is 0 Å². The molecule has 0 saturated carbocycles. The van der Waals surface area contributed by atoms with Crippen molar-refractivity contribution in [2.75, 3.05) is 26.7 Å². The molecule has 90 valence electrons. The SMILES string of the molecule is CCCN1CCC2(CC1)NC(=NC)NC2=O. The normalized spacial score (nSPS) is 27.1. The van der Waals surface area contributed by atoms with Crippen LogP contribution in [0, 0.1) is 0 Å². The van der Waals surface area contributed by atoms with Gasteiger partial charge in [0.1, 0.15) is 5.54 Å². The minimum atomic E-state index is -0.390. The number of nitrogens with one attached hydrogen (secondary N) is 2. The average molecular weight is 224 g/mol. The number of hydrogen-bond donors (Lipinski definition) is 2. The van der Waals surface area contributed by atoms with E-state index in [0.717, 1.165) is 32.5 Å². The Balaban J connectivity index is 1.99. The molecule has 0 unspecified atom stereocenters. The molecule has 2 heterocycles. The molecule has 0 radical (unpaired) electrons. The van der Waals surface area contributed by atoms with E-state index in [1.54, 1.807) is 7.05 Å². The monoisotopic (exact) mass is 224 g/mol. The summed E-state index contributed by atoms with van der Waals surface area (Å²) in [7, 11) is 1.69. The number of rotatable bonds is 2. The van der Waals surface area contributed by atoms with E-state index in [9.17, 15) is 4.79 Å². The van der Waals surface area contributed by atoms with Gasteiger partial charge in [-0.3, -0.25) is 15.1 Å². The van der Waals surface area contributed by atoms with Crippen LogP contribution in [0.4, 0.5) is 0 Å². The highest BCUT2D eigenvalue weighted by molar-refractivity contribution is 6.09. The number of amides is 1. The Morgan fingerprint density at radius 2 is 2.12 bits per heavy atom. The van der Waals surface area contributed by atoms with Crippen molar-refractivity contribution in [2.24, 2.45) is 4.99 Å². The molecule has 5 nitrogen and oxygen atoms in total. The van der Waals surface area contributed by atoms with Crippen LogP contribution in [0.5, 0.6) is 0 Å². The molecule has 0 bridgehead atoms. The number of guanidine groups is 1. The van der Waals surface area contributed by atoms with Crippen LogP contribution >= 0.6 is 0 Å². The molecule has 0 aromatic rings. The third-order valence-corrected chi connectivity index (χ3v) is 3.50. The summed E-state index contributed by atoms with van der Waals surface area (Å²) in [5.41, 5.74) is -0.390. The first-order valence-electron chi connectivity index (χ1n) is 5.99. The van der Waals surface area contributed by atoms with E-state index in [4.69, 9.17) is 0 Å². The predicted molar refractivity (Wildman–Crippen MR) is 63.3 cm³/mol. The zero-order chi connectivity index (χ0) is 11.6. The van der Waals surface area contributed by atoms with E-state index in [1.165, 1.54) is 6.42 Å². The molecule has 2 rings (SSSR count). The summed E-state index contributed by atoms with van der Waals surface area (Å²) in [5.74, 6) is 0.707. The largest absolute Gasteiger partial charge is 0.342 e. The van der Waals surface area contributed by atoms with Crippen molar-refractivity contribution in [1.82, 2.24) is 15.5 Å². The summed E-state index contributed by atoms with van der Waals surface area (Å²) >= 11 is 0. The third-order valence-electron chi connectivity index (χ3n) is 3.50. The van der Waals surface area contributed by atoms with Gasteiger partial charge < -0.3 is 10.2 Å². The molecule has 2 fully saturated rings. The molecule has 16 heavy (non-hydrogen) atoms. The van der Waals surface area contributed by atoms with E-state index in [-0.39, 0.29) is 11.4 Å². The van der Waals surface area contributed by atoms with E-state index < -0.39 is 0 Å². The maximum Gasteiger partial charge on any atom is 0.252 e. The van der Waals surface area contributed by atoms with Crippen molar-refractivity contribution in [3.8, 4) is 0 Å². The lowest BCUT2D eigenvalue weighted by Gasteiger charge is -2.37. The molecule has 0 aromatic heterocycles. The van der Waals surface area contributed by atoms with Crippen LogP contribution < -0.4 is 10.6 Å². The van der Waals surface area contributed by atoms with Gasteiger partial charge in [-0.2, -0.15) is 0 Å². The second kappa shape index (κ2) is 4.41. The Morgan fingerprint density at radius 3 is 2.62 bits per heavy atom. The molecule has 2 aliphatic rings. The number of nitrogens with zero attached hydrogens (tertiary/aromatic N) is 2. The summed E-state index contributed by atoms with van der Waals surface area (Å²) in [6.07, 6.45) is 2.92. The number of aliphatic imine (C=N–C) groups is 1. The topological polar surface area (TPSA) is 56.7 Å². The minimum Gasteiger partial charge on any atom is -0.342 e. The van der Waals surface area contributed by atoms with Crippen molar-refractivity contribution in [3.63, 3.8) is 0 Å². The van der Waals surface area contributed by atoms with Crippen LogP contribution in [-0.4, -0.2) is 49.0 Å². The fraction of sp³-hybridized carbons (Fsp3) is 0.818. The number of hydrogen-bond acceptors (Lipinski definition) is 3. The van der Waals surface area contributed by atoms with Gasteiger partial charge in [0.25, 0.3) is 5.91 Å². The van der Waals surface area contributed by atoms with Gasteiger partial charge in [-0.25, -0.2) is 0 Å². The summed E-state index contributed by atoms with van der Waals surface area (Å²) in [5, 5.41) is 6.02. The van der Waals surface area contributed by atoms with Gasteiger partial charge in [0, 0.05) is 20.1 Å². The van der Waals surface area contributed by atoms with Crippen LogP contribution in [0.3, 0.4) is 0 Å².